The fraction of sp³-hybridized carbons (Fsp3) is 0.0526. The number of ketones is 2. The first-order valence-corrected chi connectivity index (χ1v) is 7.62. The van der Waals surface area contributed by atoms with Crippen LogP contribution >= 0.6 is 0 Å². The Morgan fingerprint density at radius 2 is 1.60 bits per heavy atom. The largest absolute Gasteiger partial charge is 0.508 e. The van der Waals surface area contributed by atoms with Gasteiger partial charge in [-0.3, -0.25) is 14.7 Å². The third-order valence-corrected chi connectivity index (χ3v) is 3.51. The third kappa shape index (κ3) is 4.48. The van der Waals surface area contributed by atoms with Crippen LogP contribution in [-0.2, 0) is 9.59 Å². The lowest BCUT2D eigenvalue weighted by molar-refractivity contribution is -0.121. The van der Waals surface area contributed by atoms with Crippen molar-refractivity contribution in [3.63, 3.8) is 0 Å². The molecule has 0 unspecified atom stereocenters. The minimum absolute atomic E-state index is 0.160. The van der Waals surface area contributed by atoms with E-state index in [1.54, 1.807) is 30.4 Å². The van der Waals surface area contributed by atoms with Gasteiger partial charge in [0, 0.05) is 0 Å². The molecule has 0 aliphatic heterocycles. The highest BCUT2D eigenvalue weighted by molar-refractivity contribution is 6.10. The lowest BCUT2D eigenvalue weighted by Crippen LogP contribution is -2.01. The van der Waals surface area contributed by atoms with Crippen molar-refractivity contribution in [2.75, 3.05) is 0 Å². The average Bonchev–Trinajstić information content (AvgIpc) is 3.07. The summed E-state index contributed by atoms with van der Waals surface area (Å²) in [7, 11) is 0. The normalized spacial score (nSPS) is 11.5. The van der Waals surface area contributed by atoms with Crippen LogP contribution in [0.3, 0.4) is 0 Å². The number of aromatic hydroxyl groups is 1. The van der Waals surface area contributed by atoms with Crippen LogP contribution in [0.4, 0.5) is 0 Å². The van der Waals surface area contributed by atoms with E-state index in [1.165, 1.54) is 24.3 Å². The van der Waals surface area contributed by atoms with Gasteiger partial charge in [-0.15, -0.1) is 5.10 Å². The van der Waals surface area contributed by atoms with Gasteiger partial charge in [0.05, 0.1) is 11.9 Å². The Balaban J connectivity index is 1.57. The molecule has 0 radical (unpaired) electrons. The lowest BCUT2D eigenvalue weighted by Gasteiger charge is -1.95. The van der Waals surface area contributed by atoms with E-state index >= 15 is 0 Å². The summed E-state index contributed by atoms with van der Waals surface area (Å²) < 4.78 is 0. The Morgan fingerprint density at radius 3 is 2.32 bits per heavy atom. The molecular formula is C19H15N3O3. The fourth-order valence-electron chi connectivity index (χ4n) is 2.22. The maximum absolute atomic E-state index is 11.9. The Bertz CT molecular complexity index is 969. The summed E-state index contributed by atoms with van der Waals surface area (Å²) in [6, 6.07) is 11.9. The van der Waals surface area contributed by atoms with E-state index in [0.29, 0.717) is 5.52 Å². The number of aromatic nitrogens is 3. The number of phenolic OH excluding ortho intramolecular Hbond substituents is 1. The molecule has 0 saturated carbocycles. The molecule has 2 aromatic carbocycles. The SMILES string of the molecule is O=C(/C=C/c1ccc(O)cc1)CC(=O)/C=C/c1ccc2[nH]nnc2c1. The number of nitrogens with one attached hydrogen (secondary N) is 1. The molecule has 0 saturated heterocycles. The number of phenols is 1. The van der Waals surface area contributed by atoms with E-state index in [9.17, 15) is 14.7 Å². The molecule has 6 nitrogen and oxygen atoms in total. The lowest BCUT2D eigenvalue weighted by atomic mass is 10.1. The molecule has 0 aliphatic rings. The molecule has 2 N–H and O–H groups in total. The molecule has 0 fully saturated rings. The molecule has 0 bridgehead atoms. The van der Waals surface area contributed by atoms with Crippen LogP contribution in [0.5, 0.6) is 5.75 Å². The fourth-order valence-corrected chi connectivity index (χ4v) is 2.22. The van der Waals surface area contributed by atoms with Gasteiger partial charge >= 0.3 is 0 Å². The number of aromatic amines is 1. The summed E-state index contributed by atoms with van der Waals surface area (Å²) in [5.41, 5.74) is 3.11. The van der Waals surface area contributed by atoms with E-state index in [4.69, 9.17) is 0 Å². The summed E-state index contributed by atoms with van der Waals surface area (Å²) in [5, 5.41) is 19.6. The van der Waals surface area contributed by atoms with Gasteiger partial charge in [0.1, 0.15) is 11.3 Å². The molecule has 124 valence electrons. The second kappa shape index (κ2) is 7.35. The second-order valence-electron chi connectivity index (χ2n) is 5.46. The molecule has 0 atom stereocenters. The Morgan fingerprint density at radius 1 is 0.960 bits per heavy atom. The molecular weight excluding hydrogens is 318 g/mol. The highest BCUT2D eigenvalue weighted by Gasteiger charge is 2.04. The van der Waals surface area contributed by atoms with Crippen LogP contribution in [-0.4, -0.2) is 32.1 Å². The van der Waals surface area contributed by atoms with Crippen molar-refractivity contribution in [3.8, 4) is 5.75 Å². The van der Waals surface area contributed by atoms with Gasteiger partial charge in [0.15, 0.2) is 11.6 Å². The van der Waals surface area contributed by atoms with Gasteiger partial charge < -0.3 is 5.11 Å². The van der Waals surface area contributed by atoms with Crippen LogP contribution < -0.4 is 0 Å². The van der Waals surface area contributed by atoms with E-state index in [1.807, 2.05) is 12.1 Å². The van der Waals surface area contributed by atoms with Gasteiger partial charge in [-0.2, -0.15) is 0 Å². The number of carbonyl (C=O) groups excluding carboxylic acids is 2. The number of carbonyl (C=O) groups is 2. The van der Waals surface area contributed by atoms with Crippen molar-refractivity contribution in [2.24, 2.45) is 0 Å². The van der Waals surface area contributed by atoms with Gasteiger partial charge in [-0.05, 0) is 47.5 Å². The number of fused-ring (bicyclic) bond motifs is 1. The Kier molecular flexibility index (Phi) is 4.80. The molecule has 0 amide bonds. The zero-order chi connectivity index (χ0) is 17.6. The summed E-state index contributed by atoms with van der Waals surface area (Å²) >= 11 is 0. The van der Waals surface area contributed by atoms with Crippen molar-refractivity contribution in [3.05, 3.63) is 65.7 Å². The first kappa shape index (κ1) is 16.3. The monoisotopic (exact) mass is 333 g/mol. The first-order valence-electron chi connectivity index (χ1n) is 7.62. The highest BCUT2D eigenvalue weighted by Crippen LogP contribution is 2.12. The van der Waals surface area contributed by atoms with Crippen LogP contribution in [0.2, 0.25) is 0 Å². The summed E-state index contributed by atoms with van der Waals surface area (Å²) in [5.74, 6) is -0.400. The quantitative estimate of drug-likeness (QED) is 0.534. The molecule has 3 aromatic rings. The predicted octanol–water partition coefficient (Wildman–Crippen LogP) is 2.92. The number of hydrogen-bond acceptors (Lipinski definition) is 5. The van der Waals surface area contributed by atoms with Gasteiger partial charge in [0.2, 0.25) is 0 Å². The van der Waals surface area contributed by atoms with E-state index in [-0.39, 0.29) is 23.7 Å². The molecule has 25 heavy (non-hydrogen) atoms. The van der Waals surface area contributed by atoms with Crippen molar-refractivity contribution in [1.82, 2.24) is 15.4 Å². The maximum Gasteiger partial charge on any atom is 0.163 e. The Hall–Kier alpha value is -3.54. The standard InChI is InChI=1S/C19H15N3O3/c23-15-6-1-13(2-7-15)3-8-16(24)12-17(25)9-4-14-5-10-18-19(11-14)21-22-20-18/h1-11,23H,12H2,(H,20,21,22)/b8-3+,9-4+. The Labute approximate surface area is 143 Å². The first-order chi connectivity index (χ1) is 12.1. The zero-order valence-electron chi connectivity index (χ0n) is 13.2. The third-order valence-electron chi connectivity index (χ3n) is 3.51. The van der Waals surface area contributed by atoms with Crippen molar-refractivity contribution in [1.29, 1.82) is 0 Å². The average molecular weight is 333 g/mol. The maximum atomic E-state index is 11.9. The summed E-state index contributed by atoms with van der Waals surface area (Å²) in [4.78, 5) is 23.7. The van der Waals surface area contributed by atoms with E-state index in [0.717, 1.165) is 16.6 Å². The molecule has 1 heterocycles. The van der Waals surface area contributed by atoms with E-state index < -0.39 is 0 Å². The van der Waals surface area contributed by atoms with Gasteiger partial charge in [-0.1, -0.05) is 35.6 Å². The second-order valence-corrected chi connectivity index (χ2v) is 5.46. The van der Waals surface area contributed by atoms with Gasteiger partial charge in [-0.25, -0.2) is 0 Å². The predicted molar refractivity (Wildman–Crippen MR) is 94.7 cm³/mol. The molecule has 3 rings (SSSR count). The number of rotatable bonds is 6. The number of hydrogen-bond donors (Lipinski definition) is 2. The molecule has 1 aromatic heterocycles. The number of benzene rings is 2. The highest BCUT2D eigenvalue weighted by atomic mass is 16.3. The number of nitrogens with zero attached hydrogens (tertiary/aromatic N) is 2. The van der Waals surface area contributed by atoms with Crippen molar-refractivity contribution in [2.45, 2.75) is 6.42 Å². The zero-order valence-corrected chi connectivity index (χ0v) is 13.2. The smallest absolute Gasteiger partial charge is 0.163 e. The van der Waals surface area contributed by atoms with Crippen LogP contribution in [0.15, 0.2) is 54.6 Å². The summed E-state index contributed by atoms with van der Waals surface area (Å²) in [6.07, 6.45) is 5.80. The minimum atomic E-state index is -0.283. The number of allylic oxidation sites excluding steroid dienone is 2. The van der Waals surface area contributed by atoms with Crippen molar-refractivity contribution < 1.29 is 14.7 Å². The molecule has 0 spiro atoms. The van der Waals surface area contributed by atoms with Crippen molar-refractivity contribution >= 4 is 34.8 Å². The molecule has 0 aliphatic carbocycles. The van der Waals surface area contributed by atoms with E-state index in [2.05, 4.69) is 15.4 Å². The number of H-pyrrole nitrogens is 1. The minimum Gasteiger partial charge on any atom is -0.508 e. The molecule has 6 heteroatoms. The van der Waals surface area contributed by atoms with Crippen LogP contribution in [0.1, 0.15) is 17.5 Å². The summed E-state index contributed by atoms with van der Waals surface area (Å²) in [6.45, 7) is 0. The van der Waals surface area contributed by atoms with Gasteiger partial charge in [0.25, 0.3) is 0 Å². The topological polar surface area (TPSA) is 95.9 Å². The van der Waals surface area contributed by atoms with Crippen LogP contribution in [0, 0.1) is 0 Å². The van der Waals surface area contributed by atoms with Crippen LogP contribution in [0.25, 0.3) is 23.2 Å².